The van der Waals surface area contributed by atoms with E-state index in [9.17, 15) is 0 Å². The number of aryl methyl sites for hydroxylation is 1. The molecule has 2 fully saturated rings. The van der Waals surface area contributed by atoms with Crippen LogP contribution in [0.25, 0.3) is 11.0 Å². The molecule has 5 heteroatoms. The molecular formula is C21H22BrN3O. The third-order valence-corrected chi connectivity index (χ3v) is 6.58. The Kier molecular flexibility index (Phi) is 4.02. The first-order valence-corrected chi connectivity index (χ1v) is 10.00. The Morgan fingerprint density at radius 3 is 2.58 bits per heavy atom. The van der Waals surface area contributed by atoms with Crippen molar-refractivity contribution in [1.82, 2.24) is 14.5 Å². The summed E-state index contributed by atoms with van der Waals surface area (Å²) in [4.78, 5) is 7.38. The van der Waals surface area contributed by atoms with Crippen LogP contribution in [0.5, 0.6) is 5.75 Å². The molecule has 5 rings (SSSR count). The summed E-state index contributed by atoms with van der Waals surface area (Å²) in [7, 11) is 2.11. The lowest BCUT2D eigenvalue weighted by Crippen LogP contribution is -2.26. The zero-order chi connectivity index (χ0) is 17.7. The molecule has 26 heavy (non-hydrogen) atoms. The van der Waals surface area contributed by atoms with Crippen molar-refractivity contribution >= 4 is 27.0 Å². The molecule has 1 unspecified atom stereocenters. The second-order valence-electron chi connectivity index (χ2n) is 7.50. The summed E-state index contributed by atoms with van der Waals surface area (Å²) in [5.74, 6) is 4.44. The highest BCUT2D eigenvalue weighted by molar-refractivity contribution is 9.10. The van der Waals surface area contributed by atoms with Crippen molar-refractivity contribution < 1.29 is 4.74 Å². The Labute approximate surface area is 161 Å². The Hall–Kier alpha value is -1.85. The monoisotopic (exact) mass is 411 g/mol. The van der Waals surface area contributed by atoms with Gasteiger partial charge in [0.2, 0.25) is 0 Å². The molecule has 0 bridgehead atoms. The van der Waals surface area contributed by atoms with E-state index in [0.29, 0.717) is 0 Å². The number of aromatic nitrogens is 2. The number of benzene rings is 2. The highest BCUT2D eigenvalue weighted by Gasteiger charge is 2.55. The minimum Gasteiger partial charge on any atom is -0.493 e. The molecule has 3 aromatic rings. The van der Waals surface area contributed by atoms with E-state index in [4.69, 9.17) is 9.72 Å². The van der Waals surface area contributed by atoms with E-state index in [1.807, 2.05) is 36.4 Å². The van der Waals surface area contributed by atoms with Gasteiger partial charge >= 0.3 is 0 Å². The van der Waals surface area contributed by atoms with Crippen molar-refractivity contribution in [3.63, 3.8) is 0 Å². The van der Waals surface area contributed by atoms with Gasteiger partial charge in [-0.05, 0) is 52.0 Å². The van der Waals surface area contributed by atoms with E-state index in [1.54, 1.807) is 0 Å². The number of halogens is 1. The molecular weight excluding hydrogens is 390 g/mol. The highest BCUT2D eigenvalue weighted by Crippen LogP contribution is 2.52. The van der Waals surface area contributed by atoms with E-state index in [1.165, 1.54) is 5.52 Å². The van der Waals surface area contributed by atoms with E-state index in [0.717, 1.165) is 65.6 Å². The van der Waals surface area contributed by atoms with Crippen LogP contribution >= 0.6 is 15.9 Å². The number of fused-ring (bicyclic) bond motifs is 2. The number of hydrogen-bond acceptors (Lipinski definition) is 3. The largest absolute Gasteiger partial charge is 0.493 e. The van der Waals surface area contributed by atoms with Crippen molar-refractivity contribution in [2.24, 2.45) is 24.8 Å². The average Bonchev–Trinajstić information content (AvgIpc) is 2.96. The minimum absolute atomic E-state index is 0.723. The Morgan fingerprint density at radius 2 is 1.85 bits per heavy atom. The summed E-state index contributed by atoms with van der Waals surface area (Å²) in [5, 5.41) is 0. The lowest BCUT2D eigenvalue weighted by molar-refractivity contribution is 0.226. The van der Waals surface area contributed by atoms with Crippen LogP contribution in [0.1, 0.15) is 5.82 Å². The van der Waals surface area contributed by atoms with Crippen LogP contribution < -0.4 is 4.74 Å². The van der Waals surface area contributed by atoms with Crippen LogP contribution in [0.3, 0.4) is 0 Å². The van der Waals surface area contributed by atoms with Gasteiger partial charge in [0.25, 0.3) is 0 Å². The van der Waals surface area contributed by atoms with Gasteiger partial charge < -0.3 is 9.30 Å². The van der Waals surface area contributed by atoms with Gasteiger partial charge in [0.05, 0.1) is 24.2 Å². The fraction of sp³-hybridized carbons (Fsp3) is 0.381. The molecule has 4 nitrogen and oxygen atoms in total. The maximum atomic E-state index is 5.95. The van der Waals surface area contributed by atoms with Gasteiger partial charge in [-0.3, -0.25) is 4.90 Å². The maximum Gasteiger partial charge on any atom is 0.123 e. The standard InChI is InChI=1S/C21H22BrN3O/c1-24-20(23-19-9-5-8-18(22)21(19)24)12-25-10-15-16(11-25)17(15)13-26-14-6-3-2-4-7-14/h2-9,15-17H,10-13H2,1H3/t15-,16+,17?. The number of likely N-dealkylation sites (tertiary alicyclic amines) is 1. The van der Waals surface area contributed by atoms with Crippen molar-refractivity contribution in [3.8, 4) is 5.75 Å². The molecule has 1 aliphatic heterocycles. The average molecular weight is 412 g/mol. The van der Waals surface area contributed by atoms with Crippen molar-refractivity contribution in [2.45, 2.75) is 6.54 Å². The van der Waals surface area contributed by atoms with E-state index in [2.05, 4.69) is 44.6 Å². The van der Waals surface area contributed by atoms with Crippen LogP contribution in [0.4, 0.5) is 0 Å². The number of hydrogen-bond donors (Lipinski definition) is 0. The summed E-state index contributed by atoms with van der Waals surface area (Å²) in [6, 6.07) is 16.4. The SMILES string of the molecule is Cn1c(CN2C[C@@H]3C(COc4ccccc4)[C@@H]3C2)nc2cccc(Br)c21. The number of rotatable bonds is 5. The maximum absolute atomic E-state index is 5.95. The molecule has 2 heterocycles. The second-order valence-corrected chi connectivity index (χ2v) is 8.36. The van der Waals surface area contributed by atoms with Crippen molar-refractivity contribution in [3.05, 3.63) is 58.8 Å². The lowest BCUT2D eigenvalue weighted by Gasteiger charge is -2.19. The molecule has 2 aromatic carbocycles. The summed E-state index contributed by atoms with van der Waals surface area (Å²) in [6.45, 7) is 4.11. The molecule has 0 radical (unpaired) electrons. The highest BCUT2D eigenvalue weighted by atomic mass is 79.9. The number of nitrogens with zero attached hydrogens (tertiary/aromatic N) is 3. The molecule has 0 N–H and O–H groups in total. The summed E-state index contributed by atoms with van der Waals surface area (Å²) < 4.78 is 9.28. The van der Waals surface area contributed by atoms with Crippen LogP contribution in [0.2, 0.25) is 0 Å². The molecule has 0 spiro atoms. The van der Waals surface area contributed by atoms with Crippen LogP contribution in [0.15, 0.2) is 53.0 Å². The molecule has 3 atom stereocenters. The fourth-order valence-electron chi connectivity index (χ4n) is 4.43. The van der Waals surface area contributed by atoms with Gasteiger partial charge in [-0.1, -0.05) is 24.3 Å². The van der Waals surface area contributed by atoms with E-state index < -0.39 is 0 Å². The Bertz CT molecular complexity index is 927. The van der Waals surface area contributed by atoms with Crippen LogP contribution in [-0.4, -0.2) is 34.1 Å². The number of para-hydroxylation sites is 2. The molecule has 1 saturated carbocycles. The predicted octanol–water partition coefficient (Wildman–Crippen LogP) is 4.09. The van der Waals surface area contributed by atoms with Crippen molar-refractivity contribution in [2.75, 3.05) is 19.7 Å². The molecule has 2 aliphatic rings. The number of ether oxygens (including phenoxy) is 1. The topological polar surface area (TPSA) is 30.3 Å². The Balaban J connectivity index is 1.19. The molecule has 1 aromatic heterocycles. The van der Waals surface area contributed by atoms with E-state index in [-0.39, 0.29) is 0 Å². The summed E-state index contributed by atoms with van der Waals surface area (Å²) in [6.07, 6.45) is 0. The van der Waals surface area contributed by atoms with Gasteiger partial charge in [0.15, 0.2) is 0 Å². The van der Waals surface area contributed by atoms with Crippen molar-refractivity contribution in [1.29, 1.82) is 0 Å². The fourth-order valence-corrected chi connectivity index (χ4v) is 5.05. The minimum atomic E-state index is 0.723. The van der Waals surface area contributed by atoms with Crippen LogP contribution in [0, 0.1) is 17.8 Å². The second kappa shape index (κ2) is 6.39. The third-order valence-electron chi connectivity index (χ3n) is 5.94. The first kappa shape index (κ1) is 16.3. The van der Waals surface area contributed by atoms with Gasteiger partial charge in [0.1, 0.15) is 11.6 Å². The molecule has 1 aliphatic carbocycles. The van der Waals surface area contributed by atoms with E-state index >= 15 is 0 Å². The first-order valence-electron chi connectivity index (χ1n) is 9.21. The smallest absolute Gasteiger partial charge is 0.123 e. The normalized spacial score (nSPS) is 24.8. The first-order chi connectivity index (χ1) is 12.7. The zero-order valence-electron chi connectivity index (χ0n) is 14.8. The van der Waals surface area contributed by atoms with Crippen LogP contribution in [-0.2, 0) is 13.6 Å². The molecule has 0 amide bonds. The van der Waals surface area contributed by atoms with Gasteiger partial charge in [-0.2, -0.15) is 0 Å². The quantitative estimate of drug-likeness (QED) is 0.633. The number of piperidine rings is 1. The zero-order valence-corrected chi connectivity index (χ0v) is 16.4. The summed E-state index contributed by atoms with van der Waals surface area (Å²) in [5.41, 5.74) is 2.25. The Morgan fingerprint density at radius 1 is 1.08 bits per heavy atom. The molecule has 1 saturated heterocycles. The predicted molar refractivity (Wildman–Crippen MR) is 106 cm³/mol. The van der Waals surface area contributed by atoms with Gasteiger partial charge in [0, 0.05) is 30.5 Å². The van der Waals surface area contributed by atoms with Gasteiger partial charge in [-0.25, -0.2) is 4.98 Å². The lowest BCUT2D eigenvalue weighted by atomic mass is 10.2. The molecule has 134 valence electrons. The number of imidazole rings is 1. The van der Waals surface area contributed by atoms with Gasteiger partial charge in [-0.15, -0.1) is 0 Å². The summed E-state index contributed by atoms with van der Waals surface area (Å²) >= 11 is 3.65. The third kappa shape index (κ3) is 2.83.